The standard InChI is InChI=1S/C32H25NO2.C24H19N.C8H7BrO2/c1-35-32(34)30-14-8-9-15-31(30)33(28-20-16-26(17-21-28)24-10-4-2-5-11-24)29-22-18-27(19-23-29)25-12-6-3-7-13-25;1-3-7-19(8-4-1)21-11-15-23(16-12-21)25-24-17-13-22(14-18-24)20-9-5-2-6-10-20;1-11-8(10)6-4-2-3-5-7(6)9/h2-23H,1H3;1-18,25H;2-5H,1H3. The number of hydrogen-bond donors (Lipinski definition) is 1. The monoisotopic (exact) mass is 990 g/mol. The number of methoxy groups -OCH3 is 2. The molecule has 0 radical (unpaired) electrons. The van der Waals surface area contributed by atoms with Crippen molar-refractivity contribution in [3.63, 3.8) is 0 Å². The number of ether oxygens (including phenoxy) is 2. The van der Waals surface area contributed by atoms with Gasteiger partial charge in [-0.1, -0.05) is 194 Å². The number of hydrogen-bond acceptors (Lipinski definition) is 6. The lowest BCUT2D eigenvalue weighted by Crippen LogP contribution is -2.15. The SMILES string of the molecule is COC(=O)c1ccccc1Br.COC(=O)c1ccccc1N(c1ccc(-c2ccccc2)cc1)c1ccc(-c2ccccc2)cc1.c1ccc(-c2ccc(Nc3ccc(-c4ccccc4)cc3)cc2)cc1. The number of anilines is 5. The van der Waals surface area contributed by atoms with Crippen LogP contribution in [0.25, 0.3) is 44.5 Å². The van der Waals surface area contributed by atoms with Gasteiger partial charge in [0.1, 0.15) is 0 Å². The fourth-order valence-corrected chi connectivity index (χ4v) is 8.35. The van der Waals surface area contributed by atoms with E-state index < -0.39 is 0 Å². The second-order valence-corrected chi connectivity index (χ2v) is 17.0. The number of rotatable bonds is 11. The molecule has 0 bridgehead atoms. The first-order valence-electron chi connectivity index (χ1n) is 23.1. The number of para-hydroxylation sites is 1. The van der Waals surface area contributed by atoms with Gasteiger partial charge in [0.15, 0.2) is 0 Å². The largest absolute Gasteiger partial charge is 0.465 e. The quantitative estimate of drug-likeness (QED) is 0.130. The van der Waals surface area contributed by atoms with E-state index in [-0.39, 0.29) is 11.9 Å². The van der Waals surface area contributed by atoms with E-state index in [1.807, 2.05) is 72.8 Å². The van der Waals surface area contributed by atoms with Crippen molar-refractivity contribution in [1.29, 1.82) is 0 Å². The van der Waals surface area contributed by atoms with Crippen molar-refractivity contribution in [3.05, 3.63) is 283 Å². The van der Waals surface area contributed by atoms with Crippen molar-refractivity contribution in [2.45, 2.75) is 0 Å². The van der Waals surface area contributed by atoms with Crippen LogP contribution in [-0.4, -0.2) is 26.2 Å². The molecule has 0 fully saturated rings. The molecule has 348 valence electrons. The second kappa shape index (κ2) is 24.5. The van der Waals surface area contributed by atoms with Crippen molar-refractivity contribution < 1.29 is 19.1 Å². The zero-order valence-electron chi connectivity index (χ0n) is 39.4. The summed E-state index contributed by atoms with van der Waals surface area (Å²) in [5.74, 6) is -0.690. The van der Waals surface area contributed by atoms with Crippen LogP contribution in [0.3, 0.4) is 0 Å². The van der Waals surface area contributed by atoms with E-state index in [0.717, 1.165) is 55.2 Å². The average molecular weight is 992 g/mol. The van der Waals surface area contributed by atoms with Crippen LogP contribution in [0.2, 0.25) is 0 Å². The summed E-state index contributed by atoms with van der Waals surface area (Å²) in [4.78, 5) is 25.7. The third-order valence-corrected chi connectivity index (χ3v) is 12.3. The minimum Gasteiger partial charge on any atom is -0.465 e. The molecule has 0 aliphatic rings. The van der Waals surface area contributed by atoms with E-state index in [4.69, 9.17) is 4.74 Å². The van der Waals surface area contributed by atoms with E-state index in [1.165, 1.54) is 36.5 Å². The van der Waals surface area contributed by atoms with Gasteiger partial charge in [-0.15, -0.1) is 0 Å². The lowest BCUT2D eigenvalue weighted by Gasteiger charge is -2.27. The molecule has 0 heterocycles. The van der Waals surface area contributed by atoms with Crippen molar-refractivity contribution >= 4 is 56.3 Å². The molecule has 0 amide bonds. The topological polar surface area (TPSA) is 67.9 Å². The van der Waals surface area contributed by atoms with Crippen molar-refractivity contribution in [2.75, 3.05) is 24.4 Å². The Hall–Kier alpha value is -8.78. The highest BCUT2D eigenvalue weighted by atomic mass is 79.9. The highest BCUT2D eigenvalue weighted by molar-refractivity contribution is 9.10. The Morgan fingerprint density at radius 1 is 0.338 bits per heavy atom. The smallest absolute Gasteiger partial charge is 0.339 e. The molecule has 0 saturated carbocycles. The Bertz CT molecular complexity index is 3080. The van der Waals surface area contributed by atoms with Crippen LogP contribution in [-0.2, 0) is 9.47 Å². The van der Waals surface area contributed by atoms with E-state index in [1.54, 1.807) is 24.3 Å². The molecule has 71 heavy (non-hydrogen) atoms. The first-order valence-corrected chi connectivity index (χ1v) is 23.9. The lowest BCUT2D eigenvalue weighted by atomic mass is 10.0. The zero-order chi connectivity index (χ0) is 49.2. The molecule has 0 aromatic heterocycles. The molecule has 0 atom stereocenters. The van der Waals surface area contributed by atoms with Crippen LogP contribution in [0.4, 0.5) is 28.4 Å². The summed E-state index contributed by atoms with van der Waals surface area (Å²) < 4.78 is 10.4. The predicted molar refractivity (Wildman–Crippen MR) is 296 cm³/mol. The summed E-state index contributed by atoms with van der Waals surface area (Å²) in [7, 11) is 2.77. The molecule has 0 spiro atoms. The summed E-state index contributed by atoms with van der Waals surface area (Å²) in [5.41, 5.74) is 15.4. The highest BCUT2D eigenvalue weighted by Gasteiger charge is 2.20. The highest BCUT2D eigenvalue weighted by Crippen LogP contribution is 2.39. The van der Waals surface area contributed by atoms with Crippen LogP contribution >= 0.6 is 15.9 Å². The third kappa shape index (κ3) is 12.9. The van der Waals surface area contributed by atoms with Gasteiger partial charge in [-0.2, -0.15) is 0 Å². The number of benzene rings is 10. The molecule has 10 aromatic rings. The van der Waals surface area contributed by atoms with Crippen molar-refractivity contribution in [2.24, 2.45) is 0 Å². The fraction of sp³-hybridized carbons (Fsp3) is 0.0312. The Morgan fingerprint density at radius 2 is 0.620 bits per heavy atom. The van der Waals surface area contributed by atoms with Gasteiger partial charge in [0.25, 0.3) is 0 Å². The fourth-order valence-electron chi connectivity index (χ4n) is 7.90. The molecule has 1 N–H and O–H groups in total. The van der Waals surface area contributed by atoms with Crippen LogP contribution in [0.1, 0.15) is 20.7 Å². The molecule has 0 aliphatic carbocycles. The molecular weight excluding hydrogens is 941 g/mol. The maximum absolute atomic E-state index is 12.6. The van der Waals surface area contributed by atoms with Gasteiger partial charge < -0.3 is 19.7 Å². The Morgan fingerprint density at radius 3 is 0.972 bits per heavy atom. The van der Waals surface area contributed by atoms with Gasteiger partial charge in [0.05, 0.1) is 31.0 Å². The summed E-state index contributed by atoms with van der Waals surface area (Å²) in [6, 6.07) is 89.9. The Labute approximate surface area is 424 Å². The first kappa shape index (κ1) is 48.7. The van der Waals surface area contributed by atoms with Gasteiger partial charge in [-0.05, 0) is 133 Å². The summed E-state index contributed by atoms with van der Waals surface area (Å²) >= 11 is 3.24. The molecule has 7 heteroatoms. The molecule has 6 nitrogen and oxygen atoms in total. The minimum atomic E-state index is -0.368. The Kier molecular flexibility index (Phi) is 16.8. The molecule has 0 unspecified atom stereocenters. The van der Waals surface area contributed by atoms with E-state index in [0.29, 0.717) is 11.1 Å². The molecule has 10 rings (SSSR count). The number of carbonyl (C=O) groups is 2. The number of nitrogens with one attached hydrogen (secondary N) is 1. The van der Waals surface area contributed by atoms with Crippen LogP contribution < -0.4 is 10.2 Å². The number of nitrogens with zero attached hydrogens (tertiary/aromatic N) is 1. The van der Waals surface area contributed by atoms with E-state index >= 15 is 0 Å². The maximum atomic E-state index is 12.6. The normalized spacial score (nSPS) is 10.3. The van der Waals surface area contributed by atoms with E-state index in [9.17, 15) is 9.59 Å². The van der Waals surface area contributed by atoms with Crippen molar-refractivity contribution in [1.82, 2.24) is 0 Å². The Balaban J connectivity index is 0.000000163. The maximum Gasteiger partial charge on any atom is 0.339 e. The van der Waals surface area contributed by atoms with Gasteiger partial charge in [0, 0.05) is 27.2 Å². The number of carbonyl (C=O) groups excluding carboxylic acids is 2. The van der Waals surface area contributed by atoms with Crippen LogP contribution in [0, 0.1) is 0 Å². The zero-order valence-corrected chi connectivity index (χ0v) is 40.9. The number of halogens is 1. The average Bonchev–Trinajstić information content (AvgIpc) is 3.45. The summed E-state index contributed by atoms with van der Waals surface area (Å²) in [6.07, 6.45) is 0. The lowest BCUT2D eigenvalue weighted by molar-refractivity contribution is 0.0591. The second-order valence-electron chi connectivity index (χ2n) is 16.2. The molecule has 0 saturated heterocycles. The number of esters is 2. The minimum absolute atomic E-state index is 0.322. The molecule has 10 aromatic carbocycles. The van der Waals surface area contributed by atoms with Gasteiger partial charge in [-0.3, -0.25) is 0 Å². The molecular formula is C64H51BrN2O4. The van der Waals surface area contributed by atoms with Gasteiger partial charge in [0.2, 0.25) is 0 Å². The molecule has 0 aliphatic heterocycles. The van der Waals surface area contributed by atoms with Crippen molar-refractivity contribution in [3.8, 4) is 44.5 Å². The first-order chi connectivity index (χ1) is 34.9. The summed E-state index contributed by atoms with van der Waals surface area (Å²) in [6.45, 7) is 0. The summed E-state index contributed by atoms with van der Waals surface area (Å²) in [5, 5.41) is 3.46. The van der Waals surface area contributed by atoms with Gasteiger partial charge in [-0.25, -0.2) is 9.59 Å². The van der Waals surface area contributed by atoms with E-state index in [2.05, 4.69) is 201 Å². The van der Waals surface area contributed by atoms with Crippen LogP contribution in [0.15, 0.2) is 271 Å². The van der Waals surface area contributed by atoms with Gasteiger partial charge >= 0.3 is 11.9 Å². The third-order valence-electron chi connectivity index (χ3n) is 11.6. The predicted octanol–water partition coefficient (Wildman–Crippen LogP) is 17.3. The van der Waals surface area contributed by atoms with Crippen LogP contribution in [0.5, 0.6) is 0 Å².